The Balaban J connectivity index is 2.79. The maximum absolute atomic E-state index is 5.42. The van der Waals surface area contributed by atoms with E-state index in [1.165, 1.54) is 0 Å². The van der Waals surface area contributed by atoms with Crippen molar-refractivity contribution in [1.82, 2.24) is 5.32 Å². The van der Waals surface area contributed by atoms with Crippen molar-refractivity contribution in [2.75, 3.05) is 14.2 Å². The van der Waals surface area contributed by atoms with Crippen molar-refractivity contribution in [1.29, 1.82) is 0 Å². The fraction of sp³-hybridized carbons (Fsp3) is 0.500. The van der Waals surface area contributed by atoms with Crippen LogP contribution in [0.5, 0.6) is 11.5 Å². The highest BCUT2D eigenvalue weighted by atomic mass is 16.5. The van der Waals surface area contributed by atoms with E-state index in [9.17, 15) is 0 Å². The summed E-state index contributed by atoms with van der Waals surface area (Å²) in [5, 5.41) is 3.57. The summed E-state index contributed by atoms with van der Waals surface area (Å²) in [5.74, 6) is 1.74. The lowest BCUT2D eigenvalue weighted by Crippen LogP contribution is -2.29. The van der Waals surface area contributed by atoms with Crippen molar-refractivity contribution < 1.29 is 9.47 Å². The van der Waals surface area contributed by atoms with Gasteiger partial charge in [-0.05, 0) is 44.9 Å². The normalized spacial score (nSPS) is 13.7. The lowest BCUT2D eigenvalue weighted by molar-refractivity contribution is 0.384. The summed E-state index contributed by atoms with van der Waals surface area (Å²) in [7, 11) is 3.37. The molecule has 1 rings (SSSR count). The summed E-state index contributed by atoms with van der Waals surface area (Å²) in [6.07, 6.45) is 4.06. The van der Waals surface area contributed by atoms with Crippen LogP contribution in [0.15, 0.2) is 30.9 Å². The van der Waals surface area contributed by atoms with Crippen LogP contribution in [0.1, 0.15) is 38.3 Å². The van der Waals surface area contributed by atoms with Crippen LogP contribution in [0.3, 0.4) is 0 Å². The summed E-state index contributed by atoms with van der Waals surface area (Å²) < 4.78 is 10.7. The maximum Gasteiger partial charge on any atom is 0.123 e. The Kier molecular flexibility index (Phi) is 6.43. The summed E-state index contributed by atoms with van der Waals surface area (Å²) in [6, 6.07) is 6.53. The van der Waals surface area contributed by atoms with Gasteiger partial charge in [0.25, 0.3) is 0 Å². The van der Waals surface area contributed by atoms with E-state index in [1.54, 1.807) is 14.2 Å². The summed E-state index contributed by atoms with van der Waals surface area (Å²) in [5.41, 5.74) is 1.12. The van der Waals surface area contributed by atoms with E-state index in [1.807, 2.05) is 24.3 Å². The molecule has 0 amide bonds. The molecule has 0 radical (unpaired) electrons. The predicted octanol–water partition coefficient (Wildman–Crippen LogP) is 3.71. The number of rotatable bonds is 8. The third-order valence-corrected chi connectivity index (χ3v) is 3.24. The SMILES string of the molecule is C=CCCC(C)NC(C)c1cc(OC)ccc1OC. The van der Waals surface area contributed by atoms with Crippen molar-refractivity contribution in [3.05, 3.63) is 36.4 Å². The Morgan fingerprint density at radius 2 is 2.00 bits per heavy atom. The van der Waals surface area contributed by atoms with E-state index >= 15 is 0 Å². The zero-order valence-corrected chi connectivity index (χ0v) is 12.4. The van der Waals surface area contributed by atoms with E-state index in [-0.39, 0.29) is 6.04 Å². The van der Waals surface area contributed by atoms with Gasteiger partial charge in [-0.15, -0.1) is 6.58 Å². The van der Waals surface area contributed by atoms with Crippen LogP contribution in [0.25, 0.3) is 0 Å². The van der Waals surface area contributed by atoms with Gasteiger partial charge in [-0.2, -0.15) is 0 Å². The third kappa shape index (κ3) is 4.60. The Morgan fingerprint density at radius 3 is 2.58 bits per heavy atom. The van der Waals surface area contributed by atoms with Gasteiger partial charge in [-0.3, -0.25) is 0 Å². The smallest absolute Gasteiger partial charge is 0.123 e. The molecule has 1 aromatic rings. The molecule has 1 N–H and O–H groups in total. The molecule has 0 aliphatic carbocycles. The Hall–Kier alpha value is -1.48. The quantitative estimate of drug-likeness (QED) is 0.725. The van der Waals surface area contributed by atoms with Crippen molar-refractivity contribution in [3.8, 4) is 11.5 Å². The van der Waals surface area contributed by atoms with Crippen molar-refractivity contribution in [3.63, 3.8) is 0 Å². The average molecular weight is 263 g/mol. The number of benzene rings is 1. The van der Waals surface area contributed by atoms with E-state index in [0.29, 0.717) is 6.04 Å². The average Bonchev–Trinajstić information content (AvgIpc) is 2.44. The molecule has 0 bridgehead atoms. The number of allylic oxidation sites excluding steroid dienone is 1. The van der Waals surface area contributed by atoms with Gasteiger partial charge in [0, 0.05) is 17.6 Å². The molecule has 0 aliphatic heterocycles. The number of methoxy groups -OCH3 is 2. The molecule has 0 aliphatic rings. The van der Waals surface area contributed by atoms with Crippen molar-refractivity contribution >= 4 is 0 Å². The molecule has 0 spiro atoms. The molecule has 1 aromatic carbocycles. The molecule has 2 unspecified atom stereocenters. The second-order valence-electron chi connectivity index (χ2n) is 4.76. The van der Waals surface area contributed by atoms with Crippen LogP contribution >= 0.6 is 0 Å². The van der Waals surface area contributed by atoms with Gasteiger partial charge >= 0.3 is 0 Å². The van der Waals surface area contributed by atoms with Crippen LogP contribution < -0.4 is 14.8 Å². The van der Waals surface area contributed by atoms with Crippen LogP contribution in [0, 0.1) is 0 Å². The summed E-state index contributed by atoms with van der Waals surface area (Å²) in [6.45, 7) is 8.08. The largest absolute Gasteiger partial charge is 0.497 e. The van der Waals surface area contributed by atoms with E-state index in [0.717, 1.165) is 29.9 Å². The van der Waals surface area contributed by atoms with Crippen molar-refractivity contribution in [2.24, 2.45) is 0 Å². The Bertz CT molecular complexity index is 404. The monoisotopic (exact) mass is 263 g/mol. The minimum absolute atomic E-state index is 0.213. The van der Waals surface area contributed by atoms with Gasteiger partial charge in [-0.25, -0.2) is 0 Å². The summed E-state index contributed by atoms with van der Waals surface area (Å²) >= 11 is 0. The highest BCUT2D eigenvalue weighted by Crippen LogP contribution is 2.29. The molecular formula is C16H25NO2. The van der Waals surface area contributed by atoms with E-state index in [2.05, 4.69) is 25.7 Å². The topological polar surface area (TPSA) is 30.5 Å². The van der Waals surface area contributed by atoms with E-state index in [4.69, 9.17) is 9.47 Å². The number of ether oxygens (including phenoxy) is 2. The highest BCUT2D eigenvalue weighted by Gasteiger charge is 2.14. The van der Waals surface area contributed by atoms with Gasteiger partial charge in [0.2, 0.25) is 0 Å². The lowest BCUT2D eigenvalue weighted by atomic mass is 10.0. The van der Waals surface area contributed by atoms with Gasteiger partial charge in [0.15, 0.2) is 0 Å². The Morgan fingerprint density at radius 1 is 1.26 bits per heavy atom. The van der Waals surface area contributed by atoms with Crippen LogP contribution in [0.2, 0.25) is 0 Å². The molecule has 3 heteroatoms. The van der Waals surface area contributed by atoms with Gasteiger partial charge in [0.05, 0.1) is 14.2 Å². The van der Waals surface area contributed by atoms with Gasteiger partial charge in [0.1, 0.15) is 11.5 Å². The van der Waals surface area contributed by atoms with Crippen molar-refractivity contribution in [2.45, 2.75) is 38.8 Å². The first-order valence-corrected chi connectivity index (χ1v) is 6.71. The third-order valence-electron chi connectivity index (χ3n) is 3.24. The number of nitrogens with one attached hydrogen (secondary N) is 1. The molecule has 0 saturated heterocycles. The first kappa shape index (κ1) is 15.6. The Labute approximate surface area is 116 Å². The second-order valence-corrected chi connectivity index (χ2v) is 4.76. The number of hydrogen-bond acceptors (Lipinski definition) is 3. The second kappa shape index (κ2) is 7.85. The zero-order valence-electron chi connectivity index (χ0n) is 12.4. The van der Waals surface area contributed by atoms with Gasteiger partial charge < -0.3 is 14.8 Å². The molecule has 3 nitrogen and oxygen atoms in total. The molecular weight excluding hydrogens is 238 g/mol. The van der Waals surface area contributed by atoms with Crippen LogP contribution in [-0.2, 0) is 0 Å². The maximum atomic E-state index is 5.42. The lowest BCUT2D eigenvalue weighted by Gasteiger charge is -2.22. The molecule has 19 heavy (non-hydrogen) atoms. The van der Waals surface area contributed by atoms with Crippen LogP contribution in [0.4, 0.5) is 0 Å². The highest BCUT2D eigenvalue weighted by molar-refractivity contribution is 5.42. The molecule has 0 aromatic heterocycles. The molecule has 0 heterocycles. The van der Waals surface area contributed by atoms with E-state index < -0.39 is 0 Å². The first-order valence-electron chi connectivity index (χ1n) is 6.71. The first-order chi connectivity index (χ1) is 9.12. The minimum Gasteiger partial charge on any atom is -0.497 e. The van der Waals surface area contributed by atoms with Gasteiger partial charge in [-0.1, -0.05) is 6.08 Å². The molecule has 106 valence electrons. The molecule has 0 saturated carbocycles. The minimum atomic E-state index is 0.213. The number of hydrogen-bond donors (Lipinski definition) is 1. The predicted molar refractivity (Wildman–Crippen MR) is 80.0 cm³/mol. The van der Waals surface area contributed by atoms with Crippen LogP contribution in [-0.4, -0.2) is 20.3 Å². The summed E-state index contributed by atoms with van der Waals surface area (Å²) in [4.78, 5) is 0. The molecule has 2 atom stereocenters. The molecule has 0 fully saturated rings. The fourth-order valence-corrected chi connectivity index (χ4v) is 2.15. The fourth-order valence-electron chi connectivity index (χ4n) is 2.15. The zero-order chi connectivity index (χ0) is 14.3. The standard InChI is InChI=1S/C16H25NO2/c1-6-7-8-12(2)17-13(3)15-11-14(18-4)9-10-16(15)19-5/h6,9-13,17H,1,7-8H2,2-5H3.